The maximum atomic E-state index is 14.7. The Balaban J connectivity index is 1.45. The fourth-order valence-electron chi connectivity index (χ4n) is 3.62. The van der Waals surface area contributed by atoms with Gasteiger partial charge in [-0.3, -0.25) is 14.2 Å². The van der Waals surface area contributed by atoms with E-state index in [4.69, 9.17) is 11.6 Å². The van der Waals surface area contributed by atoms with Crippen LogP contribution in [0.15, 0.2) is 71.7 Å². The van der Waals surface area contributed by atoms with Crippen molar-refractivity contribution in [3.63, 3.8) is 0 Å². The molecule has 164 valence electrons. The third kappa shape index (κ3) is 4.65. The molecule has 2 aromatic carbocycles. The third-order valence-corrected chi connectivity index (χ3v) is 5.47. The van der Waals surface area contributed by atoms with Gasteiger partial charge < -0.3 is 15.5 Å². The second kappa shape index (κ2) is 9.23. The smallest absolute Gasteiger partial charge is 0.322 e. The lowest BCUT2D eigenvalue weighted by molar-refractivity contribution is -0.119. The van der Waals surface area contributed by atoms with Crippen LogP contribution < -0.4 is 16.2 Å². The third-order valence-electron chi connectivity index (χ3n) is 5.22. The highest BCUT2D eigenvalue weighted by Crippen LogP contribution is 2.23. The van der Waals surface area contributed by atoms with Gasteiger partial charge in [-0.1, -0.05) is 17.7 Å². The molecule has 0 aliphatic carbocycles. The van der Waals surface area contributed by atoms with Gasteiger partial charge in [0.1, 0.15) is 11.9 Å². The average Bonchev–Trinajstić information content (AvgIpc) is 3.27. The lowest BCUT2D eigenvalue weighted by Gasteiger charge is -2.24. The van der Waals surface area contributed by atoms with Crippen LogP contribution in [0.2, 0.25) is 5.02 Å². The summed E-state index contributed by atoms with van der Waals surface area (Å²) in [7, 11) is 0. The van der Waals surface area contributed by atoms with E-state index in [2.05, 4.69) is 10.6 Å². The van der Waals surface area contributed by atoms with Crippen molar-refractivity contribution >= 4 is 34.9 Å². The van der Waals surface area contributed by atoms with Crippen LogP contribution in [0.4, 0.5) is 20.6 Å². The van der Waals surface area contributed by atoms with Gasteiger partial charge in [0.2, 0.25) is 5.91 Å². The first-order chi connectivity index (χ1) is 15.4. The van der Waals surface area contributed by atoms with Crippen molar-refractivity contribution in [1.29, 1.82) is 0 Å². The Hall–Kier alpha value is -3.65. The zero-order valence-electron chi connectivity index (χ0n) is 16.9. The molecule has 0 spiro atoms. The number of likely N-dealkylation sites (tertiary alicyclic amines) is 1. The van der Waals surface area contributed by atoms with Gasteiger partial charge in [-0.05, 0) is 55.3 Å². The molecule has 2 N–H and O–H groups in total. The minimum Gasteiger partial charge on any atom is -0.322 e. The number of hydrogen-bond acceptors (Lipinski definition) is 3. The zero-order chi connectivity index (χ0) is 22.7. The minimum atomic E-state index is -0.724. The van der Waals surface area contributed by atoms with Crippen molar-refractivity contribution in [3.8, 4) is 5.69 Å². The first-order valence-corrected chi connectivity index (χ1v) is 10.4. The van der Waals surface area contributed by atoms with E-state index in [1.807, 2.05) is 0 Å². The van der Waals surface area contributed by atoms with Gasteiger partial charge in [-0.2, -0.15) is 0 Å². The van der Waals surface area contributed by atoms with E-state index in [9.17, 15) is 18.8 Å². The summed E-state index contributed by atoms with van der Waals surface area (Å²) in [5.74, 6) is -1.15. The monoisotopic (exact) mass is 454 g/mol. The molecule has 1 atom stereocenters. The van der Waals surface area contributed by atoms with Gasteiger partial charge >= 0.3 is 6.03 Å². The molecule has 1 aromatic heterocycles. The molecule has 1 fully saturated rings. The van der Waals surface area contributed by atoms with Crippen LogP contribution in [0.3, 0.4) is 0 Å². The lowest BCUT2D eigenvalue weighted by atomic mass is 10.2. The van der Waals surface area contributed by atoms with E-state index in [1.165, 1.54) is 33.9 Å². The summed E-state index contributed by atoms with van der Waals surface area (Å²) in [6.07, 6.45) is 2.66. The van der Waals surface area contributed by atoms with Crippen LogP contribution in [-0.4, -0.2) is 34.0 Å². The highest BCUT2D eigenvalue weighted by atomic mass is 35.5. The van der Waals surface area contributed by atoms with Crippen LogP contribution in [0, 0.1) is 5.82 Å². The number of benzene rings is 2. The summed E-state index contributed by atoms with van der Waals surface area (Å²) in [6, 6.07) is 14.3. The maximum absolute atomic E-state index is 14.7. The van der Waals surface area contributed by atoms with Crippen LogP contribution in [0.25, 0.3) is 5.69 Å². The van der Waals surface area contributed by atoms with E-state index >= 15 is 0 Å². The number of rotatable bonds is 4. The van der Waals surface area contributed by atoms with Crippen molar-refractivity contribution in [2.75, 3.05) is 17.2 Å². The number of hydrogen-bond donors (Lipinski definition) is 2. The number of aromatic nitrogens is 1. The number of carbonyl (C=O) groups excluding carboxylic acids is 2. The standard InChI is InChI=1S/C23H20ClFN4O3/c24-15-6-8-16(9-7-15)26-23(32)29-13-3-4-20(29)22(31)27-19-11-10-17(14-18(19)25)28-12-2-1-5-21(28)30/h1-2,5-12,14,20H,3-4,13H2,(H,26,32)(H,27,31)/t20-/m1/s1. The Labute approximate surface area is 188 Å². The Morgan fingerprint density at radius 2 is 1.81 bits per heavy atom. The summed E-state index contributed by atoms with van der Waals surface area (Å²) >= 11 is 5.86. The molecule has 7 nitrogen and oxygen atoms in total. The number of nitrogens with zero attached hydrogens (tertiary/aromatic N) is 2. The Kier molecular flexibility index (Phi) is 6.23. The van der Waals surface area contributed by atoms with E-state index in [0.29, 0.717) is 35.8 Å². The highest BCUT2D eigenvalue weighted by Gasteiger charge is 2.34. The molecule has 9 heteroatoms. The molecule has 0 radical (unpaired) electrons. The average molecular weight is 455 g/mol. The first-order valence-electron chi connectivity index (χ1n) is 10.0. The van der Waals surface area contributed by atoms with Crippen LogP contribution in [0.1, 0.15) is 12.8 Å². The largest absolute Gasteiger partial charge is 0.322 e. The van der Waals surface area contributed by atoms with Gasteiger partial charge in [0.05, 0.1) is 11.4 Å². The van der Waals surface area contributed by atoms with Crippen molar-refractivity contribution in [2.45, 2.75) is 18.9 Å². The summed E-state index contributed by atoms with van der Waals surface area (Å²) in [5, 5.41) is 5.85. The fraction of sp³-hybridized carbons (Fsp3) is 0.174. The van der Waals surface area contributed by atoms with Crippen molar-refractivity contribution in [1.82, 2.24) is 9.47 Å². The molecule has 1 aliphatic heterocycles. The Morgan fingerprint density at radius 3 is 2.53 bits per heavy atom. The fourth-order valence-corrected chi connectivity index (χ4v) is 3.75. The second-order valence-electron chi connectivity index (χ2n) is 7.35. The summed E-state index contributed by atoms with van der Waals surface area (Å²) in [4.78, 5) is 38.8. The Morgan fingerprint density at radius 1 is 1.03 bits per heavy atom. The molecular weight excluding hydrogens is 435 g/mol. The van der Waals surface area contributed by atoms with Crippen LogP contribution in [-0.2, 0) is 4.79 Å². The van der Waals surface area contributed by atoms with Crippen molar-refractivity contribution < 1.29 is 14.0 Å². The van der Waals surface area contributed by atoms with Crippen LogP contribution in [0.5, 0.6) is 0 Å². The van der Waals surface area contributed by atoms with E-state index in [-0.39, 0.29) is 11.2 Å². The number of anilines is 2. The zero-order valence-corrected chi connectivity index (χ0v) is 17.7. The van der Waals surface area contributed by atoms with Gasteiger partial charge in [0, 0.05) is 35.6 Å². The second-order valence-corrected chi connectivity index (χ2v) is 7.79. The quantitative estimate of drug-likeness (QED) is 0.617. The van der Waals surface area contributed by atoms with Gasteiger partial charge in [-0.15, -0.1) is 0 Å². The van der Waals surface area contributed by atoms with Gasteiger partial charge in [0.15, 0.2) is 0 Å². The molecule has 4 rings (SSSR count). The van der Waals surface area contributed by atoms with E-state index in [0.717, 1.165) is 0 Å². The molecule has 3 amide bonds. The molecule has 0 saturated carbocycles. The molecule has 3 aromatic rings. The molecule has 0 bridgehead atoms. The van der Waals surface area contributed by atoms with Crippen LogP contribution >= 0.6 is 11.6 Å². The predicted octanol–water partition coefficient (Wildman–Crippen LogP) is 4.27. The van der Waals surface area contributed by atoms with E-state index < -0.39 is 23.8 Å². The number of nitrogens with one attached hydrogen (secondary N) is 2. The molecular formula is C23H20ClFN4O3. The van der Waals surface area contributed by atoms with E-state index in [1.54, 1.807) is 42.5 Å². The SMILES string of the molecule is O=C(Nc1ccc(-n2ccccc2=O)cc1F)[C@H]1CCCN1C(=O)Nc1ccc(Cl)cc1. The van der Waals surface area contributed by atoms with Crippen molar-refractivity contribution in [2.24, 2.45) is 0 Å². The molecule has 32 heavy (non-hydrogen) atoms. The summed E-state index contributed by atoms with van der Waals surface area (Å²) in [6.45, 7) is 0.413. The maximum Gasteiger partial charge on any atom is 0.322 e. The normalized spacial score (nSPS) is 15.4. The lowest BCUT2D eigenvalue weighted by Crippen LogP contribution is -2.45. The first kappa shape index (κ1) is 21.6. The van der Waals surface area contributed by atoms with Gasteiger partial charge in [0.25, 0.3) is 5.56 Å². The number of urea groups is 1. The topological polar surface area (TPSA) is 83.4 Å². The molecule has 1 saturated heterocycles. The van der Waals surface area contributed by atoms with Gasteiger partial charge in [-0.25, -0.2) is 9.18 Å². The number of amides is 3. The number of pyridine rings is 1. The van der Waals surface area contributed by atoms with Crippen molar-refractivity contribution in [3.05, 3.63) is 88.1 Å². The summed E-state index contributed by atoms with van der Waals surface area (Å²) < 4.78 is 16.0. The molecule has 2 heterocycles. The molecule has 1 aliphatic rings. The minimum absolute atomic E-state index is 0.0207. The number of carbonyl (C=O) groups is 2. The summed E-state index contributed by atoms with van der Waals surface area (Å²) in [5.41, 5.74) is 0.587. The number of halogens is 2. The molecule has 0 unspecified atom stereocenters. The highest BCUT2D eigenvalue weighted by molar-refractivity contribution is 6.30. The predicted molar refractivity (Wildman–Crippen MR) is 121 cm³/mol. The Bertz CT molecular complexity index is 1210.